The number of ether oxygens (including phenoxy) is 1. The number of likely N-dealkylation sites (N-methyl/N-ethyl adjacent to an activating group) is 1. The Morgan fingerprint density at radius 2 is 2.08 bits per heavy atom. The second-order valence-electron chi connectivity index (χ2n) is 9.48. The fraction of sp³-hybridized carbons (Fsp3) is 0.370. The van der Waals surface area contributed by atoms with E-state index in [-0.39, 0.29) is 30.1 Å². The highest BCUT2D eigenvalue weighted by Gasteiger charge is 2.22. The molecule has 2 atom stereocenters. The molecule has 0 aliphatic rings. The lowest BCUT2D eigenvalue weighted by atomic mass is 10.1. The van der Waals surface area contributed by atoms with Crippen molar-refractivity contribution < 1.29 is 23.8 Å². The van der Waals surface area contributed by atoms with E-state index in [1.807, 2.05) is 13.8 Å². The number of anilines is 1. The molecule has 13 heteroatoms. The van der Waals surface area contributed by atoms with Gasteiger partial charge in [0.05, 0.1) is 30.0 Å². The fourth-order valence-corrected chi connectivity index (χ4v) is 3.75. The van der Waals surface area contributed by atoms with Gasteiger partial charge in [0, 0.05) is 27.4 Å². The number of H-pyrrole nitrogens is 1. The number of methoxy groups -OCH3 is 1. The smallest absolute Gasteiger partial charge is 0.274 e. The third kappa shape index (κ3) is 7.91. The van der Waals surface area contributed by atoms with Crippen molar-refractivity contribution in [3.8, 4) is 0 Å². The SMILES string of the molecule is COC(O)N[C@@H](CC/C=C/C(=O)N(C)C)C(=O)Nc1cccn(Cc2nc3c(F)cnc(C=C(C)C)c3[nH]2)c1=O. The second kappa shape index (κ2) is 13.7. The van der Waals surface area contributed by atoms with Crippen molar-refractivity contribution in [3.05, 3.63) is 69.9 Å². The third-order valence-corrected chi connectivity index (χ3v) is 5.78. The maximum absolute atomic E-state index is 14.4. The lowest BCUT2D eigenvalue weighted by molar-refractivity contribution is -0.129. The molecule has 0 aromatic carbocycles. The van der Waals surface area contributed by atoms with Crippen LogP contribution in [0.4, 0.5) is 10.1 Å². The minimum Gasteiger partial charge on any atom is -0.356 e. The van der Waals surface area contributed by atoms with E-state index in [1.165, 1.54) is 34.9 Å². The molecule has 40 heavy (non-hydrogen) atoms. The fourth-order valence-electron chi connectivity index (χ4n) is 3.75. The summed E-state index contributed by atoms with van der Waals surface area (Å²) in [6.45, 7) is 3.78. The van der Waals surface area contributed by atoms with Gasteiger partial charge in [0.15, 0.2) is 5.82 Å². The molecule has 0 bridgehead atoms. The molecule has 0 aliphatic heterocycles. The van der Waals surface area contributed by atoms with Crippen molar-refractivity contribution in [3.63, 3.8) is 0 Å². The average Bonchev–Trinajstić information content (AvgIpc) is 3.34. The van der Waals surface area contributed by atoms with Crippen LogP contribution in [0.15, 0.2) is 47.0 Å². The molecule has 0 spiro atoms. The topological polar surface area (TPSA) is 154 Å². The van der Waals surface area contributed by atoms with Gasteiger partial charge in [-0.25, -0.2) is 9.37 Å². The summed E-state index contributed by atoms with van der Waals surface area (Å²) in [5, 5.41) is 15.1. The number of imidazole rings is 1. The molecule has 0 saturated heterocycles. The summed E-state index contributed by atoms with van der Waals surface area (Å²) in [5.41, 5.74) is 1.52. The van der Waals surface area contributed by atoms with Gasteiger partial charge in [-0.05, 0) is 51.0 Å². The van der Waals surface area contributed by atoms with Gasteiger partial charge in [0.1, 0.15) is 17.0 Å². The Morgan fingerprint density at radius 1 is 1.32 bits per heavy atom. The molecule has 3 aromatic rings. The number of aliphatic hydroxyl groups excluding tert-OH is 1. The summed E-state index contributed by atoms with van der Waals surface area (Å²) in [5.74, 6) is -1.04. The number of rotatable bonds is 12. The zero-order chi connectivity index (χ0) is 29.4. The van der Waals surface area contributed by atoms with E-state index in [0.29, 0.717) is 23.5 Å². The lowest BCUT2D eigenvalue weighted by Crippen LogP contribution is -2.47. The molecule has 0 saturated carbocycles. The lowest BCUT2D eigenvalue weighted by Gasteiger charge is -2.20. The number of aromatic amines is 1. The number of nitrogens with one attached hydrogen (secondary N) is 3. The van der Waals surface area contributed by atoms with Crippen molar-refractivity contribution in [1.82, 2.24) is 29.7 Å². The van der Waals surface area contributed by atoms with Crippen molar-refractivity contribution in [1.29, 1.82) is 0 Å². The molecule has 1 unspecified atom stereocenters. The van der Waals surface area contributed by atoms with Gasteiger partial charge in [-0.3, -0.25) is 24.7 Å². The van der Waals surface area contributed by atoms with Gasteiger partial charge < -0.3 is 29.6 Å². The van der Waals surface area contributed by atoms with Crippen LogP contribution in [-0.4, -0.2) is 75.0 Å². The summed E-state index contributed by atoms with van der Waals surface area (Å²) < 4.78 is 20.5. The Kier molecular flexibility index (Phi) is 10.4. The first-order chi connectivity index (χ1) is 19.0. The molecular weight excluding hydrogens is 521 g/mol. The Hall–Kier alpha value is -4.20. The highest BCUT2D eigenvalue weighted by Crippen LogP contribution is 2.20. The number of fused-ring (bicyclic) bond motifs is 1. The number of amides is 2. The number of hydrogen-bond donors (Lipinski definition) is 4. The van der Waals surface area contributed by atoms with Gasteiger partial charge in [-0.15, -0.1) is 0 Å². The van der Waals surface area contributed by atoms with Gasteiger partial charge in [-0.2, -0.15) is 0 Å². The first-order valence-corrected chi connectivity index (χ1v) is 12.5. The summed E-state index contributed by atoms with van der Waals surface area (Å²) in [6.07, 6.45) is 6.55. The summed E-state index contributed by atoms with van der Waals surface area (Å²) in [4.78, 5) is 50.8. The van der Waals surface area contributed by atoms with E-state index < -0.39 is 29.7 Å². The molecule has 0 radical (unpaired) electrons. The van der Waals surface area contributed by atoms with Crippen LogP contribution in [0.25, 0.3) is 17.1 Å². The van der Waals surface area contributed by atoms with E-state index in [4.69, 9.17) is 4.74 Å². The van der Waals surface area contributed by atoms with Crippen LogP contribution in [0.5, 0.6) is 0 Å². The minimum atomic E-state index is -1.42. The minimum absolute atomic E-state index is 0.00118. The highest BCUT2D eigenvalue weighted by atomic mass is 19.1. The molecule has 0 aliphatic carbocycles. The zero-order valence-electron chi connectivity index (χ0n) is 23.1. The van der Waals surface area contributed by atoms with Gasteiger partial charge in [0.2, 0.25) is 18.2 Å². The van der Waals surface area contributed by atoms with Gasteiger partial charge in [0.25, 0.3) is 5.56 Å². The van der Waals surface area contributed by atoms with Gasteiger partial charge >= 0.3 is 0 Å². The van der Waals surface area contributed by atoms with E-state index in [1.54, 1.807) is 32.3 Å². The molecule has 4 N–H and O–H groups in total. The van der Waals surface area contributed by atoms with Crippen molar-refractivity contribution >= 4 is 34.6 Å². The monoisotopic (exact) mass is 555 g/mol. The van der Waals surface area contributed by atoms with E-state index in [2.05, 4.69) is 25.6 Å². The van der Waals surface area contributed by atoms with Crippen LogP contribution in [0, 0.1) is 5.82 Å². The first-order valence-electron chi connectivity index (χ1n) is 12.5. The van der Waals surface area contributed by atoms with E-state index >= 15 is 0 Å². The Balaban J connectivity index is 1.79. The maximum Gasteiger partial charge on any atom is 0.274 e. The van der Waals surface area contributed by atoms with Crippen LogP contribution < -0.4 is 16.2 Å². The van der Waals surface area contributed by atoms with Gasteiger partial charge in [-0.1, -0.05) is 11.6 Å². The van der Waals surface area contributed by atoms with Crippen molar-refractivity contribution in [2.45, 2.75) is 45.7 Å². The number of aliphatic hydroxyl groups is 1. The normalized spacial score (nSPS) is 12.9. The molecule has 3 heterocycles. The molecule has 0 fully saturated rings. The zero-order valence-corrected chi connectivity index (χ0v) is 23.1. The summed E-state index contributed by atoms with van der Waals surface area (Å²) >= 11 is 0. The predicted molar refractivity (Wildman–Crippen MR) is 149 cm³/mol. The third-order valence-electron chi connectivity index (χ3n) is 5.78. The standard InChI is InChI=1S/C27H34FN7O5/c1-16(2)13-20-24-23(17(28)14-29-20)32-21(33-24)15-35-12-8-10-19(26(35)38)30-25(37)18(31-27(39)40-5)9-6-7-11-22(36)34(3)4/h7-8,10-14,18,27,31,39H,6,9,15H2,1-5H3,(H,30,37)(H,32,33)/b11-7+/t18-,27?/m0/s1. The Morgan fingerprint density at radius 3 is 2.75 bits per heavy atom. The molecule has 3 rings (SSSR count). The van der Waals surface area contributed by atoms with Crippen molar-refractivity contribution in [2.24, 2.45) is 0 Å². The number of halogens is 1. The number of carbonyl (C=O) groups is 2. The number of nitrogens with zero attached hydrogens (tertiary/aromatic N) is 4. The quantitative estimate of drug-likeness (QED) is 0.195. The highest BCUT2D eigenvalue weighted by molar-refractivity contribution is 5.94. The number of hydrogen-bond acceptors (Lipinski definition) is 8. The molecule has 12 nitrogen and oxygen atoms in total. The summed E-state index contributed by atoms with van der Waals surface area (Å²) in [7, 11) is 4.51. The number of aromatic nitrogens is 4. The number of carbonyl (C=O) groups excluding carboxylic acids is 2. The van der Waals surface area contributed by atoms with Crippen LogP contribution in [-0.2, 0) is 20.9 Å². The maximum atomic E-state index is 14.4. The number of pyridine rings is 2. The van der Waals surface area contributed by atoms with E-state index in [0.717, 1.165) is 11.8 Å². The van der Waals surface area contributed by atoms with Crippen molar-refractivity contribution in [2.75, 3.05) is 26.5 Å². The Bertz CT molecular complexity index is 1470. The predicted octanol–water partition coefficient (Wildman–Crippen LogP) is 1.97. The molecule has 3 aromatic heterocycles. The summed E-state index contributed by atoms with van der Waals surface area (Å²) in [6, 6.07) is 2.09. The van der Waals surface area contributed by atoms with Crippen LogP contribution in [0.1, 0.15) is 38.2 Å². The molecule has 214 valence electrons. The number of allylic oxidation sites excluding steroid dienone is 2. The van der Waals surface area contributed by atoms with Crippen LogP contribution in [0.2, 0.25) is 0 Å². The average molecular weight is 556 g/mol. The molecular formula is C27H34FN7O5. The van der Waals surface area contributed by atoms with E-state index in [9.17, 15) is 23.9 Å². The van der Waals surface area contributed by atoms with Crippen LogP contribution in [0.3, 0.4) is 0 Å². The first kappa shape index (κ1) is 30.3. The largest absolute Gasteiger partial charge is 0.356 e. The Labute approximate surface area is 230 Å². The van der Waals surface area contributed by atoms with Crippen LogP contribution >= 0.6 is 0 Å². The molecule has 2 amide bonds. The second-order valence-corrected chi connectivity index (χ2v) is 9.48.